The van der Waals surface area contributed by atoms with Crippen LogP contribution >= 0.6 is 0 Å². The quantitative estimate of drug-likeness (QED) is 0.698. The molecule has 0 aromatic heterocycles. The molecule has 0 unspecified atom stereocenters. The van der Waals surface area contributed by atoms with Gasteiger partial charge in [-0.15, -0.1) is 0 Å². The molecule has 0 aliphatic heterocycles. The number of carbonyl (C=O) groups excluding carboxylic acids is 3. The highest BCUT2D eigenvalue weighted by molar-refractivity contribution is 5.98. The summed E-state index contributed by atoms with van der Waals surface area (Å²) in [5.74, 6) is -2.98. The van der Waals surface area contributed by atoms with Crippen LogP contribution in [0.4, 0.5) is 10.1 Å². The molecule has 29 heavy (non-hydrogen) atoms. The minimum Gasteiger partial charge on any atom is -0.454 e. The molecule has 7 heteroatoms. The monoisotopic (exact) mass is 400 g/mol. The summed E-state index contributed by atoms with van der Waals surface area (Å²) in [6.45, 7) is 6.74. The van der Waals surface area contributed by atoms with Crippen LogP contribution in [0.25, 0.3) is 0 Å². The van der Waals surface area contributed by atoms with Crippen LogP contribution in [0, 0.1) is 25.6 Å². The number of rotatable bonds is 7. The largest absolute Gasteiger partial charge is 0.454 e. The van der Waals surface area contributed by atoms with Gasteiger partial charge in [0.15, 0.2) is 6.61 Å². The summed E-state index contributed by atoms with van der Waals surface area (Å²) in [5.41, 5.74) is 2.41. The van der Waals surface area contributed by atoms with Crippen LogP contribution < -0.4 is 10.6 Å². The highest BCUT2D eigenvalue weighted by Gasteiger charge is 2.27. The molecule has 0 spiro atoms. The fourth-order valence-electron chi connectivity index (χ4n) is 2.66. The van der Waals surface area contributed by atoms with Crippen LogP contribution in [-0.2, 0) is 14.3 Å². The van der Waals surface area contributed by atoms with Crippen molar-refractivity contribution in [3.05, 3.63) is 65.0 Å². The maximum Gasteiger partial charge on any atom is 0.329 e. The van der Waals surface area contributed by atoms with E-state index < -0.39 is 36.2 Å². The molecule has 2 aromatic rings. The van der Waals surface area contributed by atoms with Crippen molar-refractivity contribution in [1.82, 2.24) is 5.32 Å². The number of anilines is 1. The van der Waals surface area contributed by atoms with Crippen molar-refractivity contribution in [1.29, 1.82) is 0 Å². The Bertz CT molecular complexity index is 911. The average Bonchev–Trinajstić information content (AvgIpc) is 2.67. The van der Waals surface area contributed by atoms with Gasteiger partial charge in [0.2, 0.25) is 0 Å². The molecular formula is C22H25FN2O4. The van der Waals surface area contributed by atoms with E-state index in [1.807, 2.05) is 26.0 Å². The van der Waals surface area contributed by atoms with E-state index in [9.17, 15) is 18.8 Å². The number of nitrogens with one attached hydrogen (secondary N) is 2. The maximum atomic E-state index is 13.8. The van der Waals surface area contributed by atoms with Crippen molar-refractivity contribution in [2.24, 2.45) is 5.92 Å². The van der Waals surface area contributed by atoms with E-state index in [0.29, 0.717) is 5.69 Å². The number of benzene rings is 2. The minimum atomic E-state index is -1.02. The molecule has 2 amide bonds. The fraction of sp³-hybridized carbons (Fsp3) is 0.318. The van der Waals surface area contributed by atoms with Gasteiger partial charge in [0.25, 0.3) is 11.8 Å². The third-order valence-corrected chi connectivity index (χ3v) is 4.55. The molecule has 0 fully saturated rings. The normalized spacial score (nSPS) is 11.7. The lowest BCUT2D eigenvalue weighted by Crippen LogP contribution is -2.46. The molecule has 1 atom stereocenters. The van der Waals surface area contributed by atoms with E-state index in [4.69, 9.17) is 4.74 Å². The van der Waals surface area contributed by atoms with E-state index >= 15 is 0 Å². The number of halogens is 1. The average molecular weight is 400 g/mol. The lowest BCUT2D eigenvalue weighted by atomic mass is 10.0. The molecule has 0 aliphatic rings. The van der Waals surface area contributed by atoms with Crippen LogP contribution in [0.5, 0.6) is 0 Å². The molecule has 154 valence electrons. The molecule has 2 aromatic carbocycles. The summed E-state index contributed by atoms with van der Waals surface area (Å²) in [6.07, 6.45) is 0. The van der Waals surface area contributed by atoms with Gasteiger partial charge in [-0.2, -0.15) is 0 Å². The lowest BCUT2D eigenvalue weighted by molar-refractivity contribution is -0.150. The van der Waals surface area contributed by atoms with E-state index in [-0.39, 0.29) is 11.5 Å². The van der Waals surface area contributed by atoms with Crippen LogP contribution in [0.1, 0.15) is 35.3 Å². The first-order valence-corrected chi connectivity index (χ1v) is 9.28. The van der Waals surface area contributed by atoms with Crippen molar-refractivity contribution >= 4 is 23.5 Å². The summed E-state index contributed by atoms with van der Waals surface area (Å²) >= 11 is 0. The summed E-state index contributed by atoms with van der Waals surface area (Å²) in [4.78, 5) is 36.8. The second-order valence-corrected chi connectivity index (χ2v) is 7.08. The summed E-state index contributed by atoms with van der Waals surface area (Å²) in [6, 6.07) is 9.96. The summed E-state index contributed by atoms with van der Waals surface area (Å²) in [5, 5.41) is 5.17. The Labute approximate surface area is 169 Å². The number of amides is 2. The Morgan fingerprint density at radius 1 is 1.03 bits per heavy atom. The van der Waals surface area contributed by atoms with Crippen LogP contribution in [0.3, 0.4) is 0 Å². The van der Waals surface area contributed by atoms with E-state index in [1.54, 1.807) is 19.9 Å². The first kappa shape index (κ1) is 22.1. The summed E-state index contributed by atoms with van der Waals surface area (Å²) < 4.78 is 18.9. The molecule has 6 nitrogen and oxygen atoms in total. The molecular weight excluding hydrogens is 375 g/mol. The van der Waals surface area contributed by atoms with Crippen LogP contribution in [0.15, 0.2) is 42.5 Å². The van der Waals surface area contributed by atoms with Gasteiger partial charge < -0.3 is 15.4 Å². The van der Waals surface area contributed by atoms with Gasteiger partial charge in [0.1, 0.15) is 11.9 Å². The topological polar surface area (TPSA) is 84.5 Å². The van der Waals surface area contributed by atoms with Gasteiger partial charge in [-0.05, 0) is 49.1 Å². The van der Waals surface area contributed by atoms with Crippen molar-refractivity contribution in [2.75, 3.05) is 11.9 Å². The third-order valence-electron chi connectivity index (χ3n) is 4.55. The number of carbonyl (C=O) groups is 3. The molecule has 0 heterocycles. The zero-order chi connectivity index (χ0) is 21.6. The van der Waals surface area contributed by atoms with E-state index in [1.165, 1.54) is 18.2 Å². The number of esters is 1. The maximum absolute atomic E-state index is 13.8. The Kier molecular flexibility index (Phi) is 7.47. The molecule has 2 N–H and O–H groups in total. The fourth-order valence-corrected chi connectivity index (χ4v) is 2.66. The molecule has 0 aliphatic carbocycles. The smallest absolute Gasteiger partial charge is 0.329 e. The predicted octanol–water partition coefficient (Wildman–Crippen LogP) is 3.38. The number of aryl methyl sites for hydroxylation is 1. The molecule has 0 saturated heterocycles. The van der Waals surface area contributed by atoms with Crippen LogP contribution in [-0.4, -0.2) is 30.4 Å². The Balaban J connectivity index is 1.97. The Morgan fingerprint density at radius 2 is 1.72 bits per heavy atom. The standard InChI is InChI=1S/C22H25FN2O4/c1-13(2)20(25-21(27)16-9-5-6-10-17(16)23)22(28)29-12-19(26)24-18-11-7-8-14(3)15(18)4/h5-11,13,20H,12H2,1-4H3,(H,24,26)(H,25,27)/t20-/m0/s1. The molecule has 0 radical (unpaired) electrons. The highest BCUT2D eigenvalue weighted by Crippen LogP contribution is 2.18. The number of ether oxygens (including phenoxy) is 1. The molecule has 0 saturated carbocycles. The van der Waals surface area contributed by atoms with Gasteiger partial charge in [0.05, 0.1) is 5.56 Å². The number of hydrogen-bond acceptors (Lipinski definition) is 4. The van der Waals surface area contributed by atoms with Crippen molar-refractivity contribution in [2.45, 2.75) is 33.7 Å². The minimum absolute atomic E-state index is 0.168. The Morgan fingerprint density at radius 3 is 2.38 bits per heavy atom. The SMILES string of the molecule is Cc1cccc(NC(=O)COC(=O)[C@@H](NC(=O)c2ccccc2F)C(C)C)c1C. The zero-order valence-corrected chi connectivity index (χ0v) is 16.9. The van der Waals surface area contributed by atoms with Gasteiger partial charge >= 0.3 is 5.97 Å². The summed E-state index contributed by atoms with van der Waals surface area (Å²) in [7, 11) is 0. The van der Waals surface area contributed by atoms with E-state index in [2.05, 4.69) is 10.6 Å². The Hall–Kier alpha value is -3.22. The second-order valence-electron chi connectivity index (χ2n) is 7.08. The van der Waals surface area contributed by atoms with Gasteiger partial charge in [0, 0.05) is 5.69 Å². The van der Waals surface area contributed by atoms with Crippen molar-refractivity contribution < 1.29 is 23.5 Å². The zero-order valence-electron chi connectivity index (χ0n) is 16.9. The van der Waals surface area contributed by atoms with Gasteiger partial charge in [-0.25, -0.2) is 9.18 Å². The predicted molar refractivity (Wildman–Crippen MR) is 108 cm³/mol. The third kappa shape index (κ3) is 5.88. The van der Waals surface area contributed by atoms with Gasteiger partial charge in [-0.1, -0.05) is 38.1 Å². The first-order valence-electron chi connectivity index (χ1n) is 9.28. The van der Waals surface area contributed by atoms with Crippen molar-refractivity contribution in [3.63, 3.8) is 0 Å². The lowest BCUT2D eigenvalue weighted by Gasteiger charge is -2.21. The molecule has 0 bridgehead atoms. The first-order chi connectivity index (χ1) is 13.7. The second kappa shape index (κ2) is 9.82. The van der Waals surface area contributed by atoms with Crippen molar-refractivity contribution in [3.8, 4) is 0 Å². The number of hydrogen-bond donors (Lipinski definition) is 2. The highest BCUT2D eigenvalue weighted by atomic mass is 19.1. The van der Waals surface area contributed by atoms with Crippen LogP contribution in [0.2, 0.25) is 0 Å². The molecule has 2 rings (SSSR count). The van der Waals surface area contributed by atoms with E-state index in [0.717, 1.165) is 17.2 Å². The van der Waals surface area contributed by atoms with Gasteiger partial charge in [-0.3, -0.25) is 9.59 Å².